The predicted molar refractivity (Wildman–Crippen MR) is 85.9 cm³/mol. The molecule has 7 heteroatoms. The number of aliphatic hydroxyl groups excluding tert-OH is 1. The molecule has 0 bridgehead atoms. The first-order chi connectivity index (χ1) is 11.8. The first-order valence-electron chi connectivity index (χ1n) is 7.95. The zero-order chi connectivity index (χ0) is 18.6. The molecule has 0 amide bonds. The maximum atomic E-state index is 13.0. The zero-order valence-electron chi connectivity index (χ0n) is 14.1. The highest BCUT2D eigenvalue weighted by molar-refractivity contribution is 5.74. The number of allylic oxidation sites excluding steroid dienone is 1. The van der Waals surface area contributed by atoms with Crippen LogP contribution in [-0.4, -0.2) is 31.9 Å². The van der Waals surface area contributed by atoms with Gasteiger partial charge in [0.2, 0.25) is 0 Å². The topological polar surface area (TPSA) is 55.8 Å². The van der Waals surface area contributed by atoms with Crippen molar-refractivity contribution >= 4 is 11.5 Å². The molecular weight excluding hydrogens is 337 g/mol. The van der Waals surface area contributed by atoms with Gasteiger partial charge in [-0.15, -0.1) is 0 Å². The summed E-state index contributed by atoms with van der Waals surface area (Å²) in [7, 11) is 2.70. The van der Waals surface area contributed by atoms with Crippen LogP contribution in [0.3, 0.4) is 0 Å². The molecule has 0 unspecified atom stereocenters. The summed E-state index contributed by atoms with van der Waals surface area (Å²) in [6.07, 6.45) is -0.819. The number of hydrogen-bond donors (Lipinski definition) is 1. The van der Waals surface area contributed by atoms with Crippen LogP contribution >= 0.6 is 0 Å². The number of carbonyl (C=O) groups is 1. The maximum absolute atomic E-state index is 13.0. The van der Waals surface area contributed by atoms with Crippen LogP contribution in [0, 0.1) is 11.8 Å². The molecule has 1 aromatic carbocycles. The lowest BCUT2D eigenvalue weighted by atomic mass is 9.96. The van der Waals surface area contributed by atoms with Gasteiger partial charge in [0, 0.05) is 5.56 Å². The molecule has 1 saturated carbocycles. The Balaban J connectivity index is 2.32. The molecule has 2 rings (SSSR count). The number of methoxy groups -OCH3 is 2. The van der Waals surface area contributed by atoms with Gasteiger partial charge in [0.15, 0.2) is 0 Å². The summed E-state index contributed by atoms with van der Waals surface area (Å²) in [6.45, 7) is -0.420. The van der Waals surface area contributed by atoms with Crippen molar-refractivity contribution in [3.05, 3.63) is 35.4 Å². The quantitative estimate of drug-likeness (QED) is 0.816. The van der Waals surface area contributed by atoms with E-state index in [0.717, 1.165) is 12.1 Å². The van der Waals surface area contributed by atoms with Crippen molar-refractivity contribution in [2.24, 2.45) is 11.8 Å². The maximum Gasteiger partial charge on any atom is 0.416 e. The third-order valence-electron chi connectivity index (χ3n) is 4.49. The van der Waals surface area contributed by atoms with Crippen LogP contribution in [0.5, 0.6) is 5.75 Å². The van der Waals surface area contributed by atoms with Crippen LogP contribution in [0.2, 0.25) is 0 Å². The minimum Gasteiger partial charge on any atom is -0.496 e. The van der Waals surface area contributed by atoms with E-state index in [1.165, 1.54) is 20.3 Å². The van der Waals surface area contributed by atoms with E-state index in [0.29, 0.717) is 24.8 Å². The van der Waals surface area contributed by atoms with Gasteiger partial charge in [-0.3, -0.25) is 4.79 Å². The molecule has 0 spiro atoms. The fourth-order valence-electron chi connectivity index (χ4n) is 3.20. The Morgan fingerprint density at radius 3 is 2.60 bits per heavy atom. The molecule has 4 nitrogen and oxygen atoms in total. The van der Waals surface area contributed by atoms with Crippen molar-refractivity contribution < 1.29 is 32.5 Å². The monoisotopic (exact) mass is 358 g/mol. The molecule has 1 aliphatic rings. The Kier molecular flexibility index (Phi) is 6.11. The third-order valence-corrected chi connectivity index (χ3v) is 4.49. The fourth-order valence-corrected chi connectivity index (χ4v) is 3.20. The van der Waals surface area contributed by atoms with Crippen molar-refractivity contribution in [1.29, 1.82) is 0 Å². The Morgan fingerprint density at radius 1 is 1.32 bits per heavy atom. The molecule has 1 aliphatic carbocycles. The van der Waals surface area contributed by atoms with E-state index in [1.54, 1.807) is 6.08 Å². The van der Waals surface area contributed by atoms with Gasteiger partial charge < -0.3 is 14.6 Å². The summed E-state index contributed by atoms with van der Waals surface area (Å²) in [5.41, 5.74) is -0.235. The van der Waals surface area contributed by atoms with Crippen LogP contribution < -0.4 is 4.74 Å². The Morgan fingerprint density at radius 2 is 2.04 bits per heavy atom. The van der Waals surface area contributed by atoms with Crippen LogP contribution in [0.25, 0.3) is 5.57 Å². The number of rotatable bonds is 5. The number of hydrogen-bond acceptors (Lipinski definition) is 4. The van der Waals surface area contributed by atoms with E-state index >= 15 is 0 Å². The van der Waals surface area contributed by atoms with Gasteiger partial charge in [-0.05, 0) is 49.0 Å². The molecular formula is C18H21F3O4. The Bertz CT molecular complexity index is 652. The van der Waals surface area contributed by atoms with Crippen molar-refractivity contribution in [3.63, 3.8) is 0 Å². The number of esters is 1. The van der Waals surface area contributed by atoms with Crippen molar-refractivity contribution in [2.45, 2.75) is 25.4 Å². The molecule has 1 N–H and O–H groups in total. The van der Waals surface area contributed by atoms with Gasteiger partial charge in [-0.1, -0.05) is 6.08 Å². The van der Waals surface area contributed by atoms with Crippen LogP contribution in [0.1, 0.15) is 30.4 Å². The Labute approximate surface area is 144 Å². The summed E-state index contributed by atoms with van der Waals surface area (Å²) in [6, 6.07) is 3.17. The highest BCUT2D eigenvalue weighted by atomic mass is 19.4. The molecule has 0 saturated heterocycles. The molecule has 2 atom stereocenters. The van der Waals surface area contributed by atoms with Gasteiger partial charge in [0.25, 0.3) is 0 Å². The summed E-state index contributed by atoms with van der Waals surface area (Å²) in [5.74, 6) is -0.242. The standard InChI is InChI=1S/C18H21F3O4/c1-24-16-6-5-14(18(19,20)21)9-15(16)13(10-22)8-11-3-4-12(7-11)17(23)25-2/h5-6,8-9,11-12,22H,3-4,7,10H2,1-2H3/b13-8+/t11-,12+/m1/s1. The Hall–Kier alpha value is -2.02. The lowest BCUT2D eigenvalue weighted by Gasteiger charge is -2.15. The molecule has 0 aromatic heterocycles. The summed E-state index contributed by atoms with van der Waals surface area (Å²) >= 11 is 0. The normalized spacial score (nSPS) is 21.3. The van der Waals surface area contributed by atoms with E-state index in [1.807, 2.05) is 0 Å². The smallest absolute Gasteiger partial charge is 0.416 e. The lowest BCUT2D eigenvalue weighted by Crippen LogP contribution is -2.12. The van der Waals surface area contributed by atoms with Crippen LogP contribution in [-0.2, 0) is 15.7 Å². The van der Waals surface area contributed by atoms with E-state index in [-0.39, 0.29) is 29.1 Å². The first kappa shape index (κ1) is 19.3. The number of aliphatic hydroxyl groups is 1. The van der Waals surface area contributed by atoms with Gasteiger partial charge in [0.1, 0.15) is 5.75 Å². The number of benzene rings is 1. The second-order valence-corrected chi connectivity index (χ2v) is 6.06. The molecule has 1 aromatic rings. The number of alkyl halides is 3. The third kappa shape index (κ3) is 4.54. The highest BCUT2D eigenvalue weighted by Crippen LogP contribution is 2.38. The largest absolute Gasteiger partial charge is 0.496 e. The lowest BCUT2D eigenvalue weighted by molar-refractivity contribution is -0.145. The van der Waals surface area contributed by atoms with Gasteiger partial charge in [-0.25, -0.2) is 0 Å². The molecule has 0 radical (unpaired) electrons. The molecule has 0 heterocycles. The summed E-state index contributed by atoms with van der Waals surface area (Å²) in [5, 5.41) is 9.68. The second-order valence-electron chi connectivity index (χ2n) is 6.06. The zero-order valence-corrected chi connectivity index (χ0v) is 14.1. The first-order valence-corrected chi connectivity index (χ1v) is 7.95. The SMILES string of the molecule is COC(=O)[C@H]1CC[C@@H](/C=C(\CO)c2cc(C(F)(F)F)ccc2OC)C1. The van der Waals surface area contributed by atoms with Crippen LogP contribution in [0.4, 0.5) is 13.2 Å². The second kappa shape index (κ2) is 7.91. The molecule has 25 heavy (non-hydrogen) atoms. The number of halogens is 3. The van der Waals surface area contributed by atoms with Gasteiger partial charge in [0.05, 0.1) is 32.3 Å². The highest BCUT2D eigenvalue weighted by Gasteiger charge is 2.32. The number of carbonyl (C=O) groups excluding carboxylic acids is 1. The van der Waals surface area contributed by atoms with E-state index < -0.39 is 18.3 Å². The van der Waals surface area contributed by atoms with E-state index in [2.05, 4.69) is 0 Å². The summed E-state index contributed by atoms with van der Waals surface area (Å²) in [4.78, 5) is 11.6. The average molecular weight is 358 g/mol. The minimum atomic E-state index is -4.48. The van der Waals surface area contributed by atoms with E-state index in [4.69, 9.17) is 9.47 Å². The van der Waals surface area contributed by atoms with Gasteiger partial charge in [-0.2, -0.15) is 13.2 Å². The van der Waals surface area contributed by atoms with Crippen LogP contribution in [0.15, 0.2) is 24.3 Å². The van der Waals surface area contributed by atoms with Crippen molar-refractivity contribution in [1.82, 2.24) is 0 Å². The van der Waals surface area contributed by atoms with E-state index in [9.17, 15) is 23.1 Å². The average Bonchev–Trinajstić information content (AvgIpc) is 3.06. The number of ether oxygens (including phenoxy) is 2. The predicted octanol–water partition coefficient (Wildman–Crippen LogP) is 3.68. The summed E-state index contributed by atoms with van der Waals surface area (Å²) < 4.78 is 48.8. The fraction of sp³-hybridized carbons (Fsp3) is 0.500. The molecule has 138 valence electrons. The van der Waals surface area contributed by atoms with Crippen molar-refractivity contribution in [2.75, 3.05) is 20.8 Å². The minimum absolute atomic E-state index is 0.00880. The molecule has 1 fully saturated rings. The van der Waals surface area contributed by atoms with Crippen molar-refractivity contribution in [3.8, 4) is 5.75 Å². The molecule has 0 aliphatic heterocycles. The van der Waals surface area contributed by atoms with Gasteiger partial charge >= 0.3 is 12.1 Å².